The number of aromatic nitrogens is 2. The largest absolute Gasteiger partial charge is 0.398 e. The highest BCUT2D eigenvalue weighted by molar-refractivity contribution is 7.16. The van der Waals surface area contributed by atoms with Gasteiger partial charge in [-0.3, -0.25) is 4.79 Å². The van der Waals surface area contributed by atoms with Crippen LogP contribution in [0.2, 0.25) is 0 Å². The highest BCUT2D eigenvalue weighted by atomic mass is 32.1. The monoisotopic (exact) mass is 290 g/mol. The number of para-hydroxylation sites is 1. The highest BCUT2D eigenvalue weighted by Gasteiger charge is 2.22. The average Bonchev–Trinajstić information content (AvgIpc) is 2.97. The first-order valence-corrected chi connectivity index (χ1v) is 7.13. The quantitative estimate of drug-likeness (QED) is 0.842. The van der Waals surface area contributed by atoms with Crippen LogP contribution in [0.25, 0.3) is 10.6 Å². The van der Waals surface area contributed by atoms with Gasteiger partial charge in [0.2, 0.25) is 5.01 Å². The lowest BCUT2D eigenvalue weighted by Gasteiger charge is -2.25. The van der Waals surface area contributed by atoms with Crippen molar-refractivity contribution in [3.63, 3.8) is 0 Å². The molecule has 3 rings (SSSR count). The number of hydrogen-bond acceptors (Lipinski definition) is 6. The topological polar surface area (TPSA) is 81.3 Å². The molecule has 0 radical (unpaired) electrons. The Balaban J connectivity index is 1.83. The van der Waals surface area contributed by atoms with Gasteiger partial charge in [-0.2, -0.15) is 0 Å². The van der Waals surface area contributed by atoms with Gasteiger partial charge in [0.1, 0.15) is 5.01 Å². The standard InChI is InChI=1S/C13H14N4O2S/c14-10-4-2-1-3-9(10)11-15-16-12(20-11)13(18)17-5-7-19-8-6-17/h1-4H,5-8,14H2. The third kappa shape index (κ3) is 2.50. The van der Waals surface area contributed by atoms with E-state index in [1.54, 1.807) is 11.0 Å². The molecule has 1 aromatic carbocycles. The third-order valence-corrected chi connectivity index (χ3v) is 4.04. The van der Waals surface area contributed by atoms with Crippen LogP contribution in [0.1, 0.15) is 9.80 Å². The van der Waals surface area contributed by atoms with Crippen molar-refractivity contribution < 1.29 is 9.53 Å². The second kappa shape index (κ2) is 5.56. The van der Waals surface area contributed by atoms with Gasteiger partial charge < -0.3 is 15.4 Å². The van der Waals surface area contributed by atoms with Crippen LogP contribution in [-0.4, -0.2) is 47.3 Å². The maximum absolute atomic E-state index is 12.3. The summed E-state index contributed by atoms with van der Waals surface area (Å²) < 4.78 is 5.23. The number of amides is 1. The van der Waals surface area contributed by atoms with E-state index in [0.29, 0.717) is 42.0 Å². The van der Waals surface area contributed by atoms with Gasteiger partial charge in [0.05, 0.1) is 13.2 Å². The second-order valence-corrected chi connectivity index (χ2v) is 5.38. The molecule has 1 aliphatic rings. The molecule has 20 heavy (non-hydrogen) atoms. The van der Waals surface area contributed by atoms with E-state index in [1.807, 2.05) is 18.2 Å². The number of morpholine rings is 1. The van der Waals surface area contributed by atoms with Crippen LogP contribution >= 0.6 is 11.3 Å². The maximum Gasteiger partial charge on any atom is 0.285 e. The number of nitrogens with zero attached hydrogens (tertiary/aromatic N) is 3. The van der Waals surface area contributed by atoms with E-state index in [4.69, 9.17) is 10.5 Å². The minimum atomic E-state index is -0.0912. The smallest absolute Gasteiger partial charge is 0.285 e. The van der Waals surface area contributed by atoms with Crippen LogP contribution < -0.4 is 5.73 Å². The van der Waals surface area contributed by atoms with E-state index in [9.17, 15) is 4.79 Å². The van der Waals surface area contributed by atoms with Gasteiger partial charge in [-0.15, -0.1) is 10.2 Å². The first kappa shape index (κ1) is 13.0. The molecule has 0 unspecified atom stereocenters. The molecule has 1 amide bonds. The number of rotatable bonds is 2. The van der Waals surface area contributed by atoms with E-state index >= 15 is 0 Å². The lowest BCUT2D eigenvalue weighted by atomic mass is 10.2. The number of anilines is 1. The van der Waals surface area contributed by atoms with Crippen LogP contribution in [-0.2, 0) is 4.74 Å². The number of carbonyl (C=O) groups is 1. The molecular weight excluding hydrogens is 276 g/mol. The summed E-state index contributed by atoms with van der Waals surface area (Å²) in [4.78, 5) is 14.0. The Morgan fingerprint density at radius 2 is 2.00 bits per heavy atom. The van der Waals surface area contributed by atoms with Gasteiger partial charge in [0, 0.05) is 24.3 Å². The van der Waals surface area contributed by atoms with Gasteiger partial charge in [-0.25, -0.2) is 0 Å². The van der Waals surface area contributed by atoms with E-state index in [-0.39, 0.29) is 5.91 Å². The summed E-state index contributed by atoms with van der Waals surface area (Å²) in [5, 5.41) is 9.12. The van der Waals surface area contributed by atoms with Gasteiger partial charge in [-0.05, 0) is 12.1 Å². The van der Waals surface area contributed by atoms with E-state index < -0.39 is 0 Å². The fraction of sp³-hybridized carbons (Fsp3) is 0.308. The number of carbonyl (C=O) groups excluding carboxylic acids is 1. The Hall–Kier alpha value is -1.99. The predicted octanol–water partition coefficient (Wildman–Crippen LogP) is 1.26. The van der Waals surface area contributed by atoms with Crippen molar-refractivity contribution in [2.24, 2.45) is 0 Å². The summed E-state index contributed by atoms with van der Waals surface area (Å²) in [6.07, 6.45) is 0. The van der Waals surface area contributed by atoms with Crippen molar-refractivity contribution in [1.82, 2.24) is 15.1 Å². The molecule has 6 nitrogen and oxygen atoms in total. The molecule has 2 N–H and O–H groups in total. The minimum Gasteiger partial charge on any atom is -0.398 e. The molecule has 0 bridgehead atoms. The Kier molecular flexibility index (Phi) is 3.62. The summed E-state index contributed by atoms with van der Waals surface area (Å²) in [6, 6.07) is 7.43. The lowest BCUT2D eigenvalue weighted by molar-refractivity contribution is 0.0302. The average molecular weight is 290 g/mol. The highest BCUT2D eigenvalue weighted by Crippen LogP contribution is 2.28. The molecule has 0 atom stereocenters. The Morgan fingerprint density at radius 1 is 1.25 bits per heavy atom. The number of benzene rings is 1. The Labute approximate surface area is 120 Å². The van der Waals surface area contributed by atoms with Crippen LogP contribution in [0.15, 0.2) is 24.3 Å². The second-order valence-electron chi connectivity index (χ2n) is 4.40. The molecule has 0 spiro atoms. The fourth-order valence-electron chi connectivity index (χ4n) is 2.01. The van der Waals surface area contributed by atoms with Crippen molar-refractivity contribution in [1.29, 1.82) is 0 Å². The van der Waals surface area contributed by atoms with Crippen LogP contribution in [0, 0.1) is 0 Å². The van der Waals surface area contributed by atoms with Gasteiger partial charge >= 0.3 is 0 Å². The summed E-state index contributed by atoms with van der Waals surface area (Å²) >= 11 is 1.27. The molecule has 1 fully saturated rings. The van der Waals surface area contributed by atoms with E-state index in [1.165, 1.54) is 11.3 Å². The first-order valence-electron chi connectivity index (χ1n) is 6.31. The molecule has 2 aromatic rings. The molecule has 1 aromatic heterocycles. The molecule has 2 heterocycles. The zero-order valence-electron chi connectivity index (χ0n) is 10.8. The van der Waals surface area contributed by atoms with Crippen molar-refractivity contribution in [3.8, 4) is 10.6 Å². The fourth-order valence-corrected chi connectivity index (χ4v) is 2.87. The van der Waals surface area contributed by atoms with E-state index in [2.05, 4.69) is 10.2 Å². The lowest BCUT2D eigenvalue weighted by Crippen LogP contribution is -2.40. The molecule has 1 saturated heterocycles. The number of nitrogen functional groups attached to an aromatic ring is 1. The SMILES string of the molecule is Nc1ccccc1-c1nnc(C(=O)N2CCOCC2)s1. The molecule has 7 heteroatoms. The molecular formula is C13H14N4O2S. The number of hydrogen-bond donors (Lipinski definition) is 1. The normalized spacial score (nSPS) is 15.3. The van der Waals surface area contributed by atoms with Crippen molar-refractivity contribution >= 4 is 22.9 Å². The molecule has 0 aliphatic carbocycles. The molecule has 0 saturated carbocycles. The summed E-state index contributed by atoms with van der Waals surface area (Å²) in [6.45, 7) is 2.34. The molecule has 1 aliphatic heterocycles. The summed E-state index contributed by atoms with van der Waals surface area (Å²) in [5.74, 6) is -0.0912. The van der Waals surface area contributed by atoms with Crippen LogP contribution in [0.3, 0.4) is 0 Å². The zero-order valence-corrected chi connectivity index (χ0v) is 11.6. The Morgan fingerprint density at radius 3 is 2.75 bits per heavy atom. The van der Waals surface area contributed by atoms with Gasteiger partial charge in [-0.1, -0.05) is 23.5 Å². The van der Waals surface area contributed by atoms with Crippen molar-refractivity contribution in [2.45, 2.75) is 0 Å². The Bertz CT molecular complexity index is 622. The van der Waals surface area contributed by atoms with Crippen molar-refractivity contribution in [2.75, 3.05) is 32.0 Å². The van der Waals surface area contributed by atoms with Gasteiger partial charge in [0.15, 0.2) is 0 Å². The number of ether oxygens (including phenoxy) is 1. The zero-order chi connectivity index (χ0) is 13.9. The van der Waals surface area contributed by atoms with Crippen molar-refractivity contribution in [3.05, 3.63) is 29.3 Å². The summed E-state index contributed by atoms with van der Waals surface area (Å²) in [7, 11) is 0. The minimum absolute atomic E-state index is 0.0912. The number of nitrogens with two attached hydrogens (primary N) is 1. The first-order chi connectivity index (χ1) is 9.75. The van der Waals surface area contributed by atoms with Crippen LogP contribution in [0.4, 0.5) is 5.69 Å². The maximum atomic E-state index is 12.3. The third-order valence-electron chi connectivity index (χ3n) is 3.10. The summed E-state index contributed by atoms with van der Waals surface area (Å²) in [5.41, 5.74) is 7.35. The van der Waals surface area contributed by atoms with Gasteiger partial charge in [0.25, 0.3) is 5.91 Å². The van der Waals surface area contributed by atoms with Crippen LogP contribution in [0.5, 0.6) is 0 Å². The molecule has 104 valence electrons. The van der Waals surface area contributed by atoms with E-state index in [0.717, 1.165) is 5.56 Å². The predicted molar refractivity (Wildman–Crippen MR) is 76.5 cm³/mol.